The molecule has 0 aromatic heterocycles. The number of nitrogens with zero attached hydrogens (tertiary/aromatic N) is 1. The van der Waals surface area contributed by atoms with E-state index in [1.54, 1.807) is 0 Å². The largest absolute Gasteiger partial charge is 0.325 e. The fraction of sp³-hybridized carbons (Fsp3) is 0.400. The van der Waals surface area contributed by atoms with Crippen LogP contribution in [0, 0.1) is 0 Å². The number of imide groups is 1. The Morgan fingerprint density at radius 1 is 1.35 bits per heavy atom. The van der Waals surface area contributed by atoms with E-state index in [0.717, 1.165) is 28.9 Å². The van der Waals surface area contributed by atoms with Gasteiger partial charge in [0.15, 0.2) is 0 Å². The van der Waals surface area contributed by atoms with Crippen molar-refractivity contribution in [2.75, 3.05) is 6.54 Å². The average Bonchev–Trinajstić information content (AvgIpc) is 2.64. The van der Waals surface area contributed by atoms with Gasteiger partial charge in [0.1, 0.15) is 11.3 Å². The van der Waals surface area contributed by atoms with E-state index in [0.29, 0.717) is 6.42 Å². The van der Waals surface area contributed by atoms with Gasteiger partial charge >= 0.3 is 6.03 Å². The number of Topliss-reactive ketones (excluding diaryl/α,β-unsaturated/α-hetero) is 1. The molecular weight excluding hydrogens is 256 g/mol. The van der Waals surface area contributed by atoms with Gasteiger partial charge in [-0.2, -0.15) is 0 Å². The molecule has 1 aliphatic carbocycles. The minimum Gasteiger partial charge on any atom is -0.319 e. The van der Waals surface area contributed by atoms with Crippen molar-refractivity contribution in [2.24, 2.45) is 0 Å². The third-order valence-electron chi connectivity index (χ3n) is 4.03. The first-order chi connectivity index (χ1) is 9.54. The summed E-state index contributed by atoms with van der Waals surface area (Å²) in [5.41, 5.74) is 0.995. The van der Waals surface area contributed by atoms with Crippen molar-refractivity contribution in [3.8, 4) is 0 Å². The third kappa shape index (κ3) is 1.73. The second-order valence-corrected chi connectivity index (χ2v) is 5.44. The first-order valence-corrected chi connectivity index (χ1v) is 6.76. The van der Waals surface area contributed by atoms with Gasteiger partial charge in [-0.25, -0.2) is 4.79 Å². The second-order valence-electron chi connectivity index (χ2n) is 5.44. The number of benzene rings is 1. The van der Waals surface area contributed by atoms with Gasteiger partial charge in [0.05, 0.1) is 6.54 Å². The minimum absolute atomic E-state index is 0.158. The number of urea groups is 1. The number of aryl methyl sites for hydroxylation is 1. The van der Waals surface area contributed by atoms with E-state index >= 15 is 0 Å². The Kier molecular flexibility index (Phi) is 2.85. The minimum atomic E-state index is -0.971. The molecule has 1 saturated heterocycles. The SMILES string of the molecule is CC(=O)CN1C(=O)N[C@@]2(CCCc3ccccc32)C1=O. The number of carbonyl (C=O) groups is 3. The highest BCUT2D eigenvalue weighted by Crippen LogP contribution is 2.39. The Morgan fingerprint density at radius 2 is 2.10 bits per heavy atom. The Hall–Kier alpha value is -2.17. The van der Waals surface area contributed by atoms with Gasteiger partial charge in [-0.15, -0.1) is 0 Å². The zero-order valence-electron chi connectivity index (χ0n) is 11.3. The Bertz CT molecular complexity index is 611. The van der Waals surface area contributed by atoms with Gasteiger partial charge in [0, 0.05) is 0 Å². The van der Waals surface area contributed by atoms with E-state index in [1.807, 2.05) is 24.3 Å². The highest BCUT2D eigenvalue weighted by atomic mass is 16.2. The van der Waals surface area contributed by atoms with Crippen LogP contribution in [0.2, 0.25) is 0 Å². The van der Waals surface area contributed by atoms with Crippen LogP contribution in [0.5, 0.6) is 0 Å². The number of rotatable bonds is 2. The van der Waals surface area contributed by atoms with Crippen LogP contribution < -0.4 is 5.32 Å². The molecule has 0 radical (unpaired) electrons. The predicted octanol–water partition coefficient (Wildman–Crippen LogP) is 1.36. The van der Waals surface area contributed by atoms with Crippen molar-refractivity contribution < 1.29 is 14.4 Å². The lowest BCUT2D eigenvalue weighted by atomic mass is 9.76. The van der Waals surface area contributed by atoms with E-state index in [1.165, 1.54) is 6.92 Å². The molecule has 1 N–H and O–H groups in total. The second kappa shape index (κ2) is 4.44. The molecule has 0 saturated carbocycles. The lowest BCUT2D eigenvalue weighted by Crippen LogP contribution is -2.46. The summed E-state index contributed by atoms with van der Waals surface area (Å²) in [6.45, 7) is 1.22. The number of fused-ring (bicyclic) bond motifs is 2. The summed E-state index contributed by atoms with van der Waals surface area (Å²) in [5.74, 6) is -0.500. The highest BCUT2D eigenvalue weighted by Gasteiger charge is 2.53. The molecule has 5 nitrogen and oxygen atoms in total. The molecule has 3 amide bonds. The smallest absolute Gasteiger partial charge is 0.319 e. The Balaban J connectivity index is 2.05. The average molecular weight is 272 g/mol. The van der Waals surface area contributed by atoms with E-state index in [-0.39, 0.29) is 18.2 Å². The van der Waals surface area contributed by atoms with Gasteiger partial charge in [-0.3, -0.25) is 14.5 Å². The van der Waals surface area contributed by atoms with Crippen LogP contribution in [0.25, 0.3) is 0 Å². The fourth-order valence-electron chi connectivity index (χ4n) is 3.18. The number of hydrogen-bond donors (Lipinski definition) is 1. The van der Waals surface area contributed by atoms with Crippen LogP contribution in [0.1, 0.15) is 30.9 Å². The lowest BCUT2D eigenvalue weighted by Gasteiger charge is -2.33. The molecule has 1 aliphatic heterocycles. The molecule has 0 bridgehead atoms. The molecule has 3 rings (SSSR count). The monoisotopic (exact) mass is 272 g/mol. The van der Waals surface area contributed by atoms with Crippen LogP contribution in [0.15, 0.2) is 24.3 Å². The van der Waals surface area contributed by atoms with Crippen LogP contribution in [-0.2, 0) is 21.5 Å². The first kappa shape index (κ1) is 12.8. The van der Waals surface area contributed by atoms with E-state index in [4.69, 9.17) is 0 Å². The van der Waals surface area contributed by atoms with Gasteiger partial charge in [-0.05, 0) is 37.3 Å². The molecule has 5 heteroatoms. The molecule has 1 heterocycles. The molecule has 1 aromatic rings. The molecule has 1 fully saturated rings. The molecule has 20 heavy (non-hydrogen) atoms. The van der Waals surface area contributed by atoms with Crippen molar-refractivity contribution in [1.29, 1.82) is 0 Å². The van der Waals surface area contributed by atoms with Crippen molar-refractivity contribution in [2.45, 2.75) is 31.7 Å². The summed E-state index contributed by atoms with van der Waals surface area (Å²) in [6.07, 6.45) is 2.34. The summed E-state index contributed by atoms with van der Waals surface area (Å²) < 4.78 is 0. The fourth-order valence-corrected chi connectivity index (χ4v) is 3.18. The molecule has 0 unspecified atom stereocenters. The van der Waals surface area contributed by atoms with Crippen molar-refractivity contribution in [1.82, 2.24) is 10.2 Å². The molecule has 1 spiro atoms. The Morgan fingerprint density at radius 3 is 2.85 bits per heavy atom. The summed E-state index contributed by atoms with van der Waals surface area (Å²) in [7, 11) is 0. The number of amides is 3. The summed E-state index contributed by atoms with van der Waals surface area (Å²) in [4.78, 5) is 37.0. The van der Waals surface area contributed by atoms with Crippen molar-refractivity contribution in [3.63, 3.8) is 0 Å². The quantitative estimate of drug-likeness (QED) is 0.827. The van der Waals surface area contributed by atoms with E-state index in [9.17, 15) is 14.4 Å². The number of hydrogen-bond acceptors (Lipinski definition) is 3. The number of nitrogens with one attached hydrogen (secondary N) is 1. The third-order valence-corrected chi connectivity index (χ3v) is 4.03. The van der Waals surface area contributed by atoms with Gasteiger partial charge < -0.3 is 5.32 Å². The lowest BCUT2D eigenvalue weighted by molar-refractivity contribution is -0.134. The maximum absolute atomic E-state index is 12.7. The van der Waals surface area contributed by atoms with Gasteiger partial charge in [-0.1, -0.05) is 24.3 Å². The first-order valence-electron chi connectivity index (χ1n) is 6.76. The summed E-state index contributed by atoms with van der Waals surface area (Å²) >= 11 is 0. The summed E-state index contributed by atoms with van der Waals surface area (Å²) in [6, 6.07) is 7.22. The van der Waals surface area contributed by atoms with Crippen LogP contribution in [0.3, 0.4) is 0 Å². The molecule has 1 atom stereocenters. The Labute approximate surface area is 116 Å². The molecule has 2 aliphatic rings. The molecule has 1 aromatic carbocycles. The topological polar surface area (TPSA) is 66.5 Å². The van der Waals surface area contributed by atoms with Crippen LogP contribution in [-0.4, -0.2) is 29.2 Å². The number of carbonyl (C=O) groups excluding carboxylic acids is 3. The highest BCUT2D eigenvalue weighted by molar-refractivity contribution is 6.09. The summed E-state index contributed by atoms with van der Waals surface area (Å²) in [5, 5.41) is 2.82. The van der Waals surface area contributed by atoms with Crippen LogP contribution >= 0.6 is 0 Å². The zero-order valence-corrected chi connectivity index (χ0v) is 11.3. The maximum Gasteiger partial charge on any atom is 0.325 e. The normalized spacial score (nSPS) is 24.8. The molecular formula is C15H16N2O3. The van der Waals surface area contributed by atoms with Crippen LogP contribution in [0.4, 0.5) is 4.79 Å². The van der Waals surface area contributed by atoms with Crippen molar-refractivity contribution >= 4 is 17.7 Å². The maximum atomic E-state index is 12.7. The zero-order chi connectivity index (χ0) is 14.3. The van der Waals surface area contributed by atoms with Gasteiger partial charge in [0.2, 0.25) is 0 Å². The number of ketones is 1. The molecule has 104 valence electrons. The van der Waals surface area contributed by atoms with Gasteiger partial charge in [0.25, 0.3) is 5.91 Å². The standard InChI is InChI=1S/C15H16N2O3/c1-10(18)9-17-13(19)15(16-14(17)20)8-4-6-11-5-2-3-7-12(11)15/h2-3,5,7H,4,6,8-9H2,1H3,(H,16,20)/t15-/m1/s1. The predicted molar refractivity (Wildman–Crippen MR) is 72.0 cm³/mol. The van der Waals surface area contributed by atoms with E-state index < -0.39 is 11.6 Å². The van der Waals surface area contributed by atoms with E-state index in [2.05, 4.69) is 5.32 Å². The van der Waals surface area contributed by atoms with Crippen molar-refractivity contribution in [3.05, 3.63) is 35.4 Å².